The molecular formula is C21H20N4O4. The monoisotopic (exact) mass is 392 g/mol. The predicted molar refractivity (Wildman–Crippen MR) is 110 cm³/mol. The van der Waals surface area contributed by atoms with Gasteiger partial charge in [-0.05, 0) is 48.9 Å². The molecule has 29 heavy (non-hydrogen) atoms. The van der Waals surface area contributed by atoms with Crippen LogP contribution in [0.4, 0.5) is 5.69 Å². The van der Waals surface area contributed by atoms with Gasteiger partial charge in [0.05, 0.1) is 18.4 Å². The van der Waals surface area contributed by atoms with Crippen molar-refractivity contribution >= 4 is 22.7 Å². The molecule has 0 atom stereocenters. The van der Waals surface area contributed by atoms with Crippen LogP contribution in [-0.2, 0) is 0 Å². The molecule has 4 aromatic rings. The number of hydrogen-bond donors (Lipinski definition) is 3. The van der Waals surface area contributed by atoms with E-state index in [0.717, 1.165) is 16.6 Å². The number of fused-ring (bicyclic) bond motifs is 1. The third kappa shape index (κ3) is 4.27. The van der Waals surface area contributed by atoms with Gasteiger partial charge in [-0.15, -0.1) is 15.0 Å². The first kappa shape index (κ1) is 19.7. The Balaban J connectivity index is 0.000000177. The summed E-state index contributed by atoms with van der Waals surface area (Å²) >= 11 is 0. The fraction of sp³-hybridized carbons (Fsp3) is 0.0952. The highest BCUT2D eigenvalue weighted by Gasteiger charge is 2.10. The lowest BCUT2D eigenvalue weighted by atomic mass is 10.2. The zero-order valence-corrected chi connectivity index (χ0v) is 15.9. The van der Waals surface area contributed by atoms with Crippen LogP contribution >= 0.6 is 0 Å². The molecule has 4 N–H and O–H groups in total. The fourth-order valence-electron chi connectivity index (χ4n) is 2.67. The normalized spacial score (nSPS) is 10.3. The van der Waals surface area contributed by atoms with Crippen LogP contribution in [0.15, 0.2) is 60.7 Å². The number of ether oxygens (including phenoxy) is 1. The molecule has 8 nitrogen and oxygen atoms in total. The summed E-state index contributed by atoms with van der Waals surface area (Å²) in [6.45, 7) is 1.96. The van der Waals surface area contributed by atoms with Crippen LogP contribution < -0.4 is 10.5 Å². The lowest BCUT2D eigenvalue weighted by Gasteiger charge is -2.05. The number of nitrogen functional groups attached to an aromatic ring is 1. The molecule has 1 heterocycles. The number of carbonyl (C=O) groups is 1. The molecule has 1 aromatic heterocycles. The Labute approximate surface area is 166 Å². The van der Waals surface area contributed by atoms with Crippen molar-refractivity contribution in [1.82, 2.24) is 15.0 Å². The van der Waals surface area contributed by atoms with Gasteiger partial charge in [0, 0.05) is 0 Å². The average Bonchev–Trinajstić information content (AvgIpc) is 3.14. The number of aromatic hydroxyl groups is 1. The number of carboxylic acids is 1. The number of phenolic OH excluding ortho intramolecular Hbond substituents is 1. The molecule has 0 saturated heterocycles. The van der Waals surface area contributed by atoms with Crippen molar-refractivity contribution in [1.29, 1.82) is 0 Å². The number of aromatic carboxylic acids is 1. The summed E-state index contributed by atoms with van der Waals surface area (Å²) in [7, 11) is 1.44. The van der Waals surface area contributed by atoms with E-state index >= 15 is 0 Å². The second-order valence-electron chi connectivity index (χ2n) is 6.20. The number of rotatable bonds is 3. The highest BCUT2D eigenvalue weighted by molar-refractivity contribution is 5.95. The number of carboxylic acid groups (broad SMARTS) is 1. The van der Waals surface area contributed by atoms with Gasteiger partial charge in [-0.1, -0.05) is 24.3 Å². The van der Waals surface area contributed by atoms with E-state index in [1.165, 1.54) is 18.0 Å². The standard InChI is InChI=1S/C13H11N3O.C8H9NO3/c1-9-6-7-13(17)12(8-9)16-14-10-4-2-3-5-11(10)15-16;1-12-6-4-2-3-5(7(6)9)8(10)11/h2-8,17H,1H3;2-4H,9H2,1H3,(H,10,11). The van der Waals surface area contributed by atoms with Gasteiger partial charge in [0.1, 0.15) is 28.2 Å². The first-order chi connectivity index (χ1) is 13.9. The number of aryl methyl sites for hydroxylation is 1. The molecule has 0 saturated carbocycles. The number of nitrogens with two attached hydrogens (primary N) is 1. The second-order valence-corrected chi connectivity index (χ2v) is 6.20. The topological polar surface area (TPSA) is 123 Å². The van der Waals surface area contributed by atoms with Crippen LogP contribution in [0.5, 0.6) is 11.5 Å². The smallest absolute Gasteiger partial charge is 0.337 e. The van der Waals surface area contributed by atoms with Crippen LogP contribution in [0.25, 0.3) is 16.7 Å². The zero-order valence-electron chi connectivity index (χ0n) is 15.9. The summed E-state index contributed by atoms with van der Waals surface area (Å²) in [6.07, 6.45) is 0. The molecule has 0 fully saturated rings. The van der Waals surface area contributed by atoms with Gasteiger partial charge >= 0.3 is 5.97 Å². The van der Waals surface area contributed by atoms with E-state index in [1.807, 2.05) is 43.3 Å². The maximum Gasteiger partial charge on any atom is 0.337 e. The van der Waals surface area contributed by atoms with Crippen molar-refractivity contribution in [2.45, 2.75) is 6.92 Å². The van der Waals surface area contributed by atoms with Crippen molar-refractivity contribution in [2.75, 3.05) is 12.8 Å². The van der Waals surface area contributed by atoms with Gasteiger partial charge in [-0.2, -0.15) is 0 Å². The van der Waals surface area contributed by atoms with Crippen molar-refractivity contribution in [3.05, 3.63) is 71.8 Å². The minimum Gasteiger partial charge on any atom is -0.506 e. The Morgan fingerprint density at radius 1 is 1.03 bits per heavy atom. The molecule has 0 aliphatic rings. The molecule has 0 bridgehead atoms. The number of nitrogens with zero attached hydrogens (tertiary/aromatic N) is 3. The number of benzene rings is 3. The molecule has 8 heteroatoms. The number of para-hydroxylation sites is 1. The Hall–Kier alpha value is -4.07. The highest BCUT2D eigenvalue weighted by atomic mass is 16.5. The van der Waals surface area contributed by atoms with E-state index in [0.29, 0.717) is 11.4 Å². The van der Waals surface area contributed by atoms with Crippen molar-refractivity contribution < 1.29 is 19.7 Å². The molecule has 4 rings (SSSR count). The largest absolute Gasteiger partial charge is 0.506 e. The summed E-state index contributed by atoms with van der Waals surface area (Å²) in [5, 5.41) is 27.1. The van der Waals surface area contributed by atoms with Crippen LogP contribution in [0.3, 0.4) is 0 Å². The predicted octanol–water partition coefficient (Wildman–Crippen LogP) is 3.41. The van der Waals surface area contributed by atoms with Crippen LogP contribution in [0, 0.1) is 6.92 Å². The summed E-state index contributed by atoms with van der Waals surface area (Å²) in [5.41, 5.74) is 8.99. The fourth-order valence-corrected chi connectivity index (χ4v) is 2.67. The first-order valence-corrected chi connectivity index (χ1v) is 8.68. The molecule has 0 unspecified atom stereocenters. The number of phenols is 1. The minimum atomic E-state index is -1.05. The van der Waals surface area contributed by atoms with E-state index in [9.17, 15) is 9.90 Å². The number of aromatic nitrogens is 3. The van der Waals surface area contributed by atoms with Crippen molar-refractivity contribution in [3.8, 4) is 17.2 Å². The van der Waals surface area contributed by atoms with Gasteiger partial charge in [-0.25, -0.2) is 4.79 Å². The number of methoxy groups -OCH3 is 1. The Bertz CT molecular complexity index is 1140. The molecule has 0 spiro atoms. The summed E-state index contributed by atoms with van der Waals surface area (Å²) < 4.78 is 4.85. The summed E-state index contributed by atoms with van der Waals surface area (Å²) in [5.74, 6) is -0.489. The second kappa shape index (κ2) is 8.30. The van der Waals surface area contributed by atoms with Gasteiger partial charge in [-0.3, -0.25) is 0 Å². The summed E-state index contributed by atoms with van der Waals surface area (Å²) in [6, 6.07) is 17.6. The average molecular weight is 392 g/mol. The minimum absolute atomic E-state index is 0.0642. The maximum absolute atomic E-state index is 10.6. The van der Waals surface area contributed by atoms with Gasteiger partial charge in [0.2, 0.25) is 0 Å². The quantitative estimate of drug-likeness (QED) is 0.456. The Kier molecular flexibility index (Phi) is 5.64. The molecule has 3 aromatic carbocycles. The first-order valence-electron chi connectivity index (χ1n) is 8.68. The lowest BCUT2D eigenvalue weighted by molar-refractivity contribution is 0.0697. The van der Waals surface area contributed by atoms with Crippen LogP contribution in [0.1, 0.15) is 15.9 Å². The SMILES string of the molecule is COc1cccc(C(=O)O)c1N.Cc1ccc(O)c(-n2nc3ccccc3n2)c1. The molecule has 0 aliphatic heterocycles. The Morgan fingerprint density at radius 2 is 1.69 bits per heavy atom. The van der Waals surface area contributed by atoms with E-state index in [1.54, 1.807) is 18.2 Å². The van der Waals surface area contributed by atoms with Gasteiger partial charge in [0.25, 0.3) is 0 Å². The van der Waals surface area contributed by atoms with E-state index in [4.69, 9.17) is 15.6 Å². The van der Waals surface area contributed by atoms with E-state index < -0.39 is 5.97 Å². The molecule has 148 valence electrons. The molecule has 0 aliphatic carbocycles. The van der Waals surface area contributed by atoms with Crippen LogP contribution in [0.2, 0.25) is 0 Å². The molecule has 0 radical (unpaired) electrons. The van der Waals surface area contributed by atoms with Crippen molar-refractivity contribution in [2.24, 2.45) is 0 Å². The van der Waals surface area contributed by atoms with Gasteiger partial charge < -0.3 is 20.7 Å². The van der Waals surface area contributed by atoms with Crippen molar-refractivity contribution in [3.63, 3.8) is 0 Å². The zero-order chi connectivity index (χ0) is 21.0. The lowest BCUT2D eigenvalue weighted by Crippen LogP contribution is -2.03. The van der Waals surface area contributed by atoms with Crippen LogP contribution in [-0.4, -0.2) is 38.3 Å². The Morgan fingerprint density at radius 3 is 2.28 bits per heavy atom. The van der Waals surface area contributed by atoms with E-state index in [2.05, 4.69) is 10.2 Å². The molecule has 0 amide bonds. The highest BCUT2D eigenvalue weighted by Crippen LogP contribution is 2.24. The van der Waals surface area contributed by atoms with Gasteiger partial charge in [0.15, 0.2) is 0 Å². The maximum atomic E-state index is 10.6. The molecular weight excluding hydrogens is 372 g/mol. The van der Waals surface area contributed by atoms with E-state index in [-0.39, 0.29) is 17.0 Å². The number of anilines is 1. The third-order valence-corrected chi connectivity index (χ3v) is 4.15. The summed E-state index contributed by atoms with van der Waals surface area (Å²) in [4.78, 5) is 12.0. The third-order valence-electron chi connectivity index (χ3n) is 4.15. The number of hydrogen-bond acceptors (Lipinski definition) is 6.